The Kier molecular flexibility index (Phi) is 5.92. The highest BCUT2D eigenvalue weighted by molar-refractivity contribution is 5.51. The van der Waals surface area contributed by atoms with Crippen LogP contribution in [0.3, 0.4) is 0 Å². The molecular formula is C27H25NO. The van der Waals surface area contributed by atoms with Crippen LogP contribution in [0.15, 0.2) is 109 Å². The van der Waals surface area contributed by atoms with Crippen molar-refractivity contribution in [3.63, 3.8) is 0 Å². The number of ether oxygens (including phenoxy) is 1. The van der Waals surface area contributed by atoms with Gasteiger partial charge in [-0.25, -0.2) is 0 Å². The van der Waals surface area contributed by atoms with E-state index in [0.29, 0.717) is 0 Å². The molecule has 2 heteroatoms. The van der Waals surface area contributed by atoms with Crippen LogP contribution in [0.2, 0.25) is 0 Å². The molecule has 0 aliphatic heterocycles. The van der Waals surface area contributed by atoms with E-state index >= 15 is 0 Å². The van der Waals surface area contributed by atoms with Crippen LogP contribution in [-0.2, 0) is 13.1 Å². The lowest BCUT2D eigenvalue weighted by Gasteiger charge is -2.25. The molecule has 2 nitrogen and oxygen atoms in total. The summed E-state index contributed by atoms with van der Waals surface area (Å²) in [7, 11) is 0. The van der Waals surface area contributed by atoms with E-state index in [2.05, 4.69) is 96.8 Å². The van der Waals surface area contributed by atoms with Gasteiger partial charge in [-0.05, 0) is 54.4 Å². The quantitative estimate of drug-likeness (QED) is 0.343. The Morgan fingerprint density at radius 3 is 1.48 bits per heavy atom. The standard InChI is InChI=1S/C27H25NO/c1-22-12-16-26(17-13-22)29-27-18-14-25(15-19-27)28(20-23-8-4-2-5-9-23)21-24-10-6-3-7-11-24/h2-19H,20-21H2,1H3. The number of rotatable bonds is 7. The fourth-order valence-electron chi connectivity index (χ4n) is 3.31. The molecule has 4 aromatic carbocycles. The Morgan fingerprint density at radius 2 is 1.00 bits per heavy atom. The molecule has 0 fully saturated rings. The van der Waals surface area contributed by atoms with Crippen molar-refractivity contribution in [2.24, 2.45) is 0 Å². The number of anilines is 1. The highest BCUT2D eigenvalue weighted by Gasteiger charge is 2.09. The van der Waals surface area contributed by atoms with E-state index in [1.807, 2.05) is 24.3 Å². The summed E-state index contributed by atoms with van der Waals surface area (Å²) in [6.07, 6.45) is 0. The molecule has 0 N–H and O–H groups in total. The lowest BCUT2D eigenvalue weighted by Crippen LogP contribution is -2.22. The van der Waals surface area contributed by atoms with Crippen molar-refractivity contribution in [3.05, 3.63) is 126 Å². The van der Waals surface area contributed by atoms with Gasteiger partial charge >= 0.3 is 0 Å². The molecule has 0 bridgehead atoms. The van der Waals surface area contributed by atoms with Gasteiger partial charge in [0.1, 0.15) is 11.5 Å². The van der Waals surface area contributed by atoms with Crippen LogP contribution in [0, 0.1) is 6.92 Å². The first-order chi connectivity index (χ1) is 14.3. The summed E-state index contributed by atoms with van der Waals surface area (Å²) in [5.74, 6) is 1.70. The van der Waals surface area contributed by atoms with Crippen molar-refractivity contribution in [2.75, 3.05) is 4.90 Å². The second-order valence-electron chi connectivity index (χ2n) is 7.24. The summed E-state index contributed by atoms with van der Waals surface area (Å²) in [4.78, 5) is 2.39. The molecule has 0 unspecified atom stereocenters. The van der Waals surface area contributed by atoms with Gasteiger partial charge in [0.15, 0.2) is 0 Å². The van der Waals surface area contributed by atoms with Gasteiger partial charge in [0.05, 0.1) is 0 Å². The first-order valence-corrected chi connectivity index (χ1v) is 9.94. The van der Waals surface area contributed by atoms with Crippen LogP contribution < -0.4 is 9.64 Å². The van der Waals surface area contributed by atoms with Crippen LogP contribution in [-0.4, -0.2) is 0 Å². The van der Waals surface area contributed by atoms with Crippen molar-refractivity contribution in [1.29, 1.82) is 0 Å². The summed E-state index contributed by atoms with van der Waals surface area (Å²) in [6, 6.07) is 37.6. The van der Waals surface area contributed by atoms with Gasteiger partial charge in [-0.1, -0.05) is 78.4 Å². The molecule has 144 valence electrons. The van der Waals surface area contributed by atoms with Crippen molar-refractivity contribution < 1.29 is 4.74 Å². The Bertz CT molecular complexity index is 968. The lowest BCUT2D eigenvalue weighted by atomic mass is 10.1. The van der Waals surface area contributed by atoms with E-state index in [1.54, 1.807) is 0 Å². The van der Waals surface area contributed by atoms with E-state index in [9.17, 15) is 0 Å². The van der Waals surface area contributed by atoms with Crippen LogP contribution >= 0.6 is 0 Å². The topological polar surface area (TPSA) is 12.5 Å². The van der Waals surface area contributed by atoms with Gasteiger partial charge in [0.25, 0.3) is 0 Å². The second kappa shape index (κ2) is 9.11. The molecule has 4 rings (SSSR count). The average molecular weight is 380 g/mol. The van der Waals surface area contributed by atoms with Crippen molar-refractivity contribution in [1.82, 2.24) is 0 Å². The van der Waals surface area contributed by atoms with Crippen LogP contribution in [0.1, 0.15) is 16.7 Å². The number of aryl methyl sites for hydroxylation is 1. The number of nitrogens with zero attached hydrogens (tertiary/aromatic N) is 1. The summed E-state index contributed by atoms with van der Waals surface area (Å²) in [6.45, 7) is 3.79. The molecule has 0 spiro atoms. The predicted molar refractivity (Wildman–Crippen MR) is 120 cm³/mol. The third kappa shape index (κ3) is 5.26. The Labute approximate surface area is 173 Å². The molecule has 4 aromatic rings. The number of benzene rings is 4. The average Bonchev–Trinajstić information content (AvgIpc) is 2.77. The monoisotopic (exact) mass is 379 g/mol. The van der Waals surface area contributed by atoms with Gasteiger partial charge in [-0.3, -0.25) is 0 Å². The molecule has 0 atom stereocenters. The molecule has 0 aromatic heterocycles. The first kappa shape index (κ1) is 18.8. The highest BCUT2D eigenvalue weighted by atomic mass is 16.5. The minimum absolute atomic E-state index is 0.844. The van der Waals surface area contributed by atoms with Crippen molar-refractivity contribution >= 4 is 5.69 Å². The number of hydrogen-bond donors (Lipinski definition) is 0. The van der Waals surface area contributed by atoms with E-state index in [1.165, 1.54) is 22.4 Å². The van der Waals surface area contributed by atoms with Crippen LogP contribution in [0.25, 0.3) is 0 Å². The summed E-state index contributed by atoms with van der Waals surface area (Å²) in [5.41, 5.74) is 4.99. The maximum Gasteiger partial charge on any atom is 0.127 e. The van der Waals surface area contributed by atoms with E-state index < -0.39 is 0 Å². The Morgan fingerprint density at radius 1 is 0.552 bits per heavy atom. The summed E-state index contributed by atoms with van der Waals surface area (Å²) < 4.78 is 5.99. The van der Waals surface area contributed by atoms with Gasteiger partial charge in [0, 0.05) is 18.8 Å². The minimum Gasteiger partial charge on any atom is -0.457 e. The molecule has 0 saturated heterocycles. The number of hydrogen-bond acceptors (Lipinski definition) is 2. The second-order valence-corrected chi connectivity index (χ2v) is 7.24. The Balaban J connectivity index is 1.53. The molecule has 0 amide bonds. The summed E-state index contributed by atoms with van der Waals surface area (Å²) >= 11 is 0. The maximum absolute atomic E-state index is 5.99. The van der Waals surface area contributed by atoms with Gasteiger partial charge in [-0.15, -0.1) is 0 Å². The molecule has 0 aliphatic carbocycles. The third-order valence-electron chi connectivity index (χ3n) is 4.89. The van der Waals surface area contributed by atoms with Gasteiger partial charge in [-0.2, -0.15) is 0 Å². The molecule has 0 heterocycles. The SMILES string of the molecule is Cc1ccc(Oc2ccc(N(Cc3ccccc3)Cc3ccccc3)cc2)cc1. The van der Waals surface area contributed by atoms with Crippen molar-refractivity contribution in [3.8, 4) is 11.5 Å². The zero-order chi connectivity index (χ0) is 19.9. The fourth-order valence-corrected chi connectivity index (χ4v) is 3.31. The van der Waals surface area contributed by atoms with E-state index in [4.69, 9.17) is 4.74 Å². The fraction of sp³-hybridized carbons (Fsp3) is 0.111. The molecule has 29 heavy (non-hydrogen) atoms. The van der Waals surface area contributed by atoms with E-state index in [-0.39, 0.29) is 0 Å². The zero-order valence-electron chi connectivity index (χ0n) is 16.7. The van der Waals surface area contributed by atoms with E-state index in [0.717, 1.165) is 24.6 Å². The smallest absolute Gasteiger partial charge is 0.127 e. The largest absolute Gasteiger partial charge is 0.457 e. The van der Waals surface area contributed by atoms with Crippen LogP contribution in [0.4, 0.5) is 5.69 Å². The summed E-state index contributed by atoms with van der Waals surface area (Å²) in [5, 5.41) is 0. The normalized spacial score (nSPS) is 10.5. The Hall–Kier alpha value is -3.52. The predicted octanol–water partition coefficient (Wildman–Crippen LogP) is 6.99. The molecular weight excluding hydrogens is 354 g/mol. The first-order valence-electron chi connectivity index (χ1n) is 9.94. The van der Waals surface area contributed by atoms with Crippen LogP contribution in [0.5, 0.6) is 11.5 Å². The maximum atomic E-state index is 5.99. The zero-order valence-corrected chi connectivity index (χ0v) is 16.7. The highest BCUT2D eigenvalue weighted by Crippen LogP contribution is 2.26. The molecule has 0 radical (unpaired) electrons. The lowest BCUT2D eigenvalue weighted by molar-refractivity contribution is 0.482. The van der Waals surface area contributed by atoms with Gasteiger partial charge < -0.3 is 9.64 Å². The molecule has 0 aliphatic rings. The molecule has 0 saturated carbocycles. The van der Waals surface area contributed by atoms with Gasteiger partial charge in [0.2, 0.25) is 0 Å². The third-order valence-corrected chi connectivity index (χ3v) is 4.89. The van der Waals surface area contributed by atoms with Crippen molar-refractivity contribution in [2.45, 2.75) is 20.0 Å². The minimum atomic E-state index is 0.844.